The van der Waals surface area contributed by atoms with Gasteiger partial charge < -0.3 is 13.9 Å². The molecule has 1 aliphatic rings. The van der Waals surface area contributed by atoms with Crippen molar-refractivity contribution in [2.75, 3.05) is 13.2 Å². The van der Waals surface area contributed by atoms with Crippen LogP contribution in [0.1, 0.15) is 11.3 Å². The number of nitriles is 1. The van der Waals surface area contributed by atoms with Crippen molar-refractivity contribution < 1.29 is 9.47 Å². The van der Waals surface area contributed by atoms with E-state index < -0.39 is 0 Å². The maximum absolute atomic E-state index is 9.12. The molecule has 0 unspecified atom stereocenters. The van der Waals surface area contributed by atoms with E-state index in [1.807, 2.05) is 41.8 Å². The van der Waals surface area contributed by atoms with Crippen LogP contribution in [-0.4, -0.2) is 22.6 Å². The monoisotopic (exact) mass is 291 g/mol. The van der Waals surface area contributed by atoms with E-state index in [-0.39, 0.29) is 0 Å². The van der Waals surface area contributed by atoms with Crippen LogP contribution in [0, 0.1) is 18.3 Å². The molecule has 1 aliphatic heterocycles. The van der Waals surface area contributed by atoms with Crippen molar-refractivity contribution in [3.8, 4) is 28.8 Å². The summed E-state index contributed by atoms with van der Waals surface area (Å²) in [7, 11) is 0. The van der Waals surface area contributed by atoms with Gasteiger partial charge in [0.05, 0.1) is 11.3 Å². The molecule has 0 saturated heterocycles. The fraction of sp³-hybridized carbons (Fsp3) is 0.176. The number of benzene rings is 1. The Hall–Kier alpha value is -3.00. The third kappa shape index (κ3) is 1.89. The van der Waals surface area contributed by atoms with Crippen molar-refractivity contribution in [3.05, 3.63) is 47.8 Å². The van der Waals surface area contributed by atoms with E-state index in [1.165, 1.54) is 0 Å². The van der Waals surface area contributed by atoms with Gasteiger partial charge in [-0.05, 0) is 37.3 Å². The molecule has 0 saturated carbocycles. The second-order valence-electron chi connectivity index (χ2n) is 5.16. The molecule has 3 heterocycles. The van der Waals surface area contributed by atoms with Gasteiger partial charge in [-0.25, -0.2) is 4.98 Å². The third-order valence-electron chi connectivity index (χ3n) is 3.84. The molecule has 0 spiro atoms. The van der Waals surface area contributed by atoms with Crippen LogP contribution in [0.5, 0.6) is 11.5 Å². The van der Waals surface area contributed by atoms with Crippen molar-refractivity contribution >= 4 is 5.65 Å². The van der Waals surface area contributed by atoms with Gasteiger partial charge >= 0.3 is 0 Å². The average Bonchev–Trinajstić information content (AvgIpc) is 3.00. The number of aryl methyl sites for hydroxylation is 1. The summed E-state index contributed by atoms with van der Waals surface area (Å²) in [5.41, 5.74) is 4.16. The fourth-order valence-electron chi connectivity index (χ4n) is 2.65. The van der Waals surface area contributed by atoms with E-state index in [2.05, 4.69) is 11.1 Å². The van der Waals surface area contributed by atoms with E-state index in [0.717, 1.165) is 34.1 Å². The first kappa shape index (κ1) is 12.7. The molecule has 0 atom stereocenters. The molecule has 1 aromatic carbocycles. The minimum atomic E-state index is 0.562. The highest BCUT2D eigenvalue weighted by molar-refractivity contribution is 5.67. The number of hydrogen-bond donors (Lipinski definition) is 0. The number of rotatable bonds is 1. The van der Waals surface area contributed by atoms with Gasteiger partial charge in [0, 0.05) is 17.5 Å². The van der Waals surface area contributed by atoms with Gasteiger partial charge in [-0.2, -0.15) is 5.26 Å². The normalized spacial score (nSPS) is 13.1. The lowest BCUT2D eigenvalue weighted by molar-refractivity contribution is 0.171. The van der Waals surface area contributed by atoms with Crippen LogP contribution in [0.25, 0.3) is 16.9 Å². The lowest BCUT2D eigenvalue weighted by Gasteiger charge is -2.18. The number of nitrogens with zero attached hydrogens (tertiary/aromatic N) is 3. The highest BCUT2D eigenvalue weighted by atomic mass is 16.6. The highest BCUT2D eigenvalue weighted by Gasteiger charge is 2.14. The number of hydrogen-bond acceptors (Lipinski definition) is 4. The molecule has 4 rings (SSSR count). The van der Waals surface area contributed by atoms with Gasteiger partial charge in [-0.15, -0.1) is 0 Å². The van der Waals surface area contributed by atoms with E-state index >= 15 is 0 Å². The van der Waals surface area contributed by atoms with E-state index in [0.29, 0.717) is 18.8 Å². The first-order valence-electron chi connectivity index (χ1n) is 7.05. The van der Waals surface area contributed by atoms with E-state index in [4.69, 9.17) is 14.7 Å². The Balaban J connectivity index is 1.84. The smallest absolute Gasteiger partial charge is 0.162 e. The van der Waals surface area contributed by atoms with Crippen LogP contribution in [0.3, 0.4) is 0 Å². The molecule has 2 aromatic heterocycles. The zero-order valence-corrected chi connectivity index (χ0v) is 12.0. The molecule has 0 fully saturated rings. The molecular formula is C17H13N3O2. The summed E-state index contributed by atoms with van der Waals surface area (Å²) in [6.45, 7) is 3.06. The summed E-state index contributed by atoms with van der Waals surface area (Å²) in [4.78, 5) is 4.63. The van der Waals surface area contributed by atoms with Crippen LogP contribution >= 0.6 is 0 Å². The van der Waals surface area contributed by atoms with Gasteiger partial charge in [-0.1, -0.05) is 0 Å². The van der Waals surface area contributed by atoms with Crippen LogP contribution in [0.2, 0.25) is 0 Å². The summed E-state index contributed by atoms with van der Waals surface area (Å²) < 4.78 is 13.1. The van der Waals surface area contributed by atoms with Gasteiger partial charge in [0.2, 0.25) is 0 Å². The highest BCUT2D eigenvalue weighted by Crippen LogP contribution is 2.34. The van der Waals surface area contributed by atoms with Gasteiger partial charge in [0.25, 0.3) is 0 Å². The number of ether oxygens (including phenoxy) is 2. The summed E-state index contributed by atoms with van der Waals surface area (Å²) in [5, 5.41) is 9.12. The molecule has 0 bridgehead atoms. The molecule has 0 aliphatic carbocycles. The number of fused-ring (bicyclic) bond motifs is 2. The second-order valence-corrected chi connectivity index (χ2v) is 5.16. The van der Waals surface area contributed by atoms with Crippen LogP contribution < -0.4 is 9.47 Å². The topological polar surface area (TPSA) is 59.5 Å². The number of pyridine rings is 1. The predicted molar refractivity (Wildman–Crippen MR) is 81.1 cm³/mol. The number of aromatic nitrogens is 2. The SMILES string of the molecule is Cc1c(C#N)ccc2nc(-c3ccc4c(c3)OCCO4)cn12. The Bertz CT molecular complexity index is 922. The average molecular weight is 291 g/mol. The summed E-state index contributed by atoms with van der Waals surface area (Å²) in [5.74, 6) is 1.51. The first-order valence-corrected chi connectivity index (χ1v) is 7.05. The largest absolute Gasteiger partial charge is 0.486 e. The van der Waals surface area contributed by atoms with Crippen LogP contribution in [0.15, 0.2) is 36.5 Å². The Kier molecular flexibility index (Phi) is 2.76. The van der Waals surface area contributed by atoms with Crippen molar-refractivity contribution in [2.45, 2.75) is 6.92 Å². The first-order chi connectivity index (χ1) is 10.8. The quantitative estimate of drug-likeness (QED) is 0.691. The van der Waals surface area contributed by atoms with Gasteiger partial charge in [0.15, 0.2) is 11.5 Å². The minimum absolute atomic E-state index is 0.562. The summed E-state index contributed by atoms with van der Waals surface area (Å²) >= 11 is 0. The van der Waals surface area contributed by atoms with Crippen LogP contribution in [-0.2, 0) is 0 Å². The molecule has 22 heavy (non-hydrogen) atoms. The number of imidazole rings is 1. The molecule has 0 N–H and O–H groups in total. The zero-order valence-electron chi connectivity index (χ0n) is 12.0. The summed E-state index contributed by atoms with van der Waals surface area (Å²) in [6.07, 6.45) is 1.94. The zero-order chi connectivity index (χ0) is 15.1. The summed E-state index contributed by atoms with van der Waals surface area (Å²) in [6, 6.07) is 11.7. The Morgan fingerprint density at radius 1 is 1.14 bits per heavy atom. The maximum Gasteiger partial charge on any atom is 0.162 e. The Morgan fingerprint density at radius 3 is 2.77 bits per heavy atom. The Morgan fingerprint density at radius 2 is 1.95 bits per heavy atom. The van der Waals surface area contributed by atoms with Crippen molar-refractivity contribution in [2.24, 2.45) is 0 Å². The lowest BCUT2D eigenvalue weighted by Crippen LogP contribution is -2.15. The standard InChI is InChI=1S/C17H13N3O2/c1-11-13(9-18)3-5-17-19-14(10-20(11)17)12-2-4-15-16(8-12)22-7-6-21-15/h2-5,8,10H,6-7H2,1H3. The maximum atomic E-state index is 9.12. The van der Waals surface area contributed by atoms with E-state index in [1.54, 1.807) is 6.07 Å². The molecule has 0 amide bonds. The minimum Gasteiger partial charge on any atom is -0.486 e. The molecule has 3 aromatic rings. The van der Waals surface area contributed by atoms with Gasteiger partial charge in [0.1, 0.15) is 24.9 Å². The van der Waals surface area contributed by atoms with Crippen molar-refractivity contribution in [1.29, 1.82) is 5.26 Å². The van der Waals surface area contributed by atoms with Gasteiger partial charge in [-0.3, -0.25) is 0 Å². The van der Waals surface area contributed by atoms with Crippen molar-refractivity contribution in [1.82, 2.24) is 9.38 Å². The molecular weight excluding hydrogens is 278 g/mol. The Labute approximate surface area is 127 Å². The predicted octanol–water partition coefficient (Wildman–Crippen LogP) is 2.95. The molecule has 108 valence electrons. The molecule has 0 radical (unpaired) electrons. The molecule has 5 nitrogen and oxygen atoms in total. The van der Waals surface area contributed by atoms with E-state index in [9.17, 15) is 0 Å². The fourth-order valence-corrected chi connectivity index (χ4v) is 2.65. The van der Waals surface area contributed by atoms with Crippen LogP contribution in [0.4, 0.5) is 0 Å². The van der Waals surface area contributed by atoms with Crippen molar-refractivity contribution in [3.63, 3.8) is 0 Å². The third-order valence-corrected chi connectivity index (χ3v) is 3.84. The second kappa shape index (κ2) is 4.78. The lowest BCUT2D eigenvalue weighted by atomic mass is 10.1. The molecule has 5 heteroatoms.